The molecule has 0 bridgehead atoms. The van der Waals surface area contributed by atoms with E-state index >= 15 is 0 Å². The van der Waals surface area contributed by atoms with Crippen LogP contribution in [-0.2, 0) is 20.6 Å². The van der Waals surface area contributed by atoms with Gasteiger partial charge in [0, 0.05) is 30.5 Å². The number of piperidine rings is 1. The van der Waals surface area contributed by atoms with Gasteiger partial charge in [0.05, 0.1) is 10.6 Å². The highest BCUT2D eigenvalue weighted by molar-refractivity contribution is 7.88. The molecule has 2 aromatic carbocycles. The Balaban J connectivity index is 1.43. The molecular formula is C25H26ClN3O7S2. The highest BCUT2D eigenvalue weighted by Crippen LogP contribution is 2.46. The summed E-state index contributed by atoms with van der Waals surface area (Å²) in [5.74, 6) is -2.79. The Morgan fingerprint density at radius 3 is 2.50 bits per heavy atom. The molecule has 0 amide bonds. The number of thiophene rings is 1. The molecule has 2 heterocycles. The summed E-state index contributed by atoms with van der Waals surface area (Å²) in [4.78, 5) is 22.8. The molecule has 0 aliphatic carbocycles. The number of aromatic carboxylic acids is 1. The first-order valence-corrected chi connectivity index (χ1v) is 14.4. The third-order valence-electron chi connectivity index (χ3n) is 5.99. The van der Waals surface area contributed by atoms with E-state index in [1.807, 2.05) is 12.1 Å². The zero-order chi connectivity index (χ0) is 27.4. The number of anilines is 2. The minimum atomic E-state index is -3.48. The average Bonchev–Trinajstić information content (AvgIpc) is 3.19. The molecule has 1 saturated heterocycles. The van der Waals surface area contributed by atoms with Crippen LogP contribution in [-0.4, -0.2) is 60.6 Å². The summed E-state index contributed by atoms with van der Waals surface area (Å²) in [6.45, 7) is 0.0433. The second-order valence-corrected chi connectivity index (χ2v) is 12.2. The molecule has 202 valence electrons. The molecule has 4 rings (SSSR count). The second kappa shape index (κ2) is 11.6. The second-order valence-electron chi connectivity index (χ2n) is 8.79. The van der Waals surface area contributed by atoms with E-state index in [1.54, 1.807) is 36.4 Å². The van der Waals surface area contributed by atoms with Gasteiger partial charge in [0.1, 0.15) is 5.02 Å². The van der Waals surface area contributed by atoms with Gasteiger partial charge in [-0.1, -0.05) is 35.9 Å². The van der Waals surface area contributed by atoms with E-state index in [2.05, 4.69) is 5.32 Å². The topological polar surface area (TPSA) is 159 Å². The fourth-order valence-electron chi connectivity index (χ4n) is 4.23. The zero-order valence-electron chi connectivity index (χ0n) is 20.1. The highest BCUT2D eigenvalue weighted by atomic mass is 35.5. The Bertz CT molecular complexity index is 1450. The lowest BCUT2D eigenvalue weighted by molar-refractivity contribution is -0.139. The van der Waals surface area contributed by atoms with Gasteiger partial charge in [-0.3, -0.25) is 0 Å². The first-order valence-electron chi connectivity index (χ1n) is 11.6. The van der Waals surface area contributed by atoms with E-state index in [1.165, 1.54) is 4.31 Å². The maximum absolute atomic E-state index is 12.9. The van der Waals surface area contributed by atoms with E-state index in [0.717, 1.165) is 17.0 Å². The number of aliphatic carboxylic acids is 1. The number of nitrogens with zero attached hydrogens (tertiary/aromatic N) is 1. The van der Waals surface area contributed by atoms with Crippen LogP contribution in [0.3, 0.4) is 0 Å². The lowest BCUT2D eigenvalue weighted by Crippen LogP contribution is -2.42. The lowest BCUT2D eigenvalue weighted by atomic mass is 10.1. The minimum absolute atomic E-state index is 0.0319. The van der Waals surface area contributed by atoms with Crippen molar-refractivity contribution in [1.82, 2.24) is 4.31 Å². The van der Waals surface area contributed by atoms with Crippen LogP contribution in [0.15, 0.2) is 48.5 Å². The van der Waals surface area contributed by atoms with E-state index in [4.69, 9.17) is 27.2 Å². The summed E-state index contributed by atoms with van der Waals surface area (Å²) >= 11 is 7.30. The van der Waals surface area contributed by atoms with Crippen LogP contribution in [0.1, 0.15) is 28.1 Å². The van der Waals surface area contributed by atoms with Gasteiger partial charge in [0.15, 0.2) is 17.2 Å². The number of carbonyl (C=O) groups is 2. The monoisotopic (exact) mass is 579 g/mol. The number of sulfonamides is 1. The molecule has 0 atom stereocenters. The molecule has 5 N–H and O–H groups in total. The molecule has 13 heteroatoms. The number of carboxylic acids is 2. The normalized spacial score (nSPS) is 14.8. The van der Waals surface area contributed by atoms with Crippen molar-refractivity contribution in [1.29, 1.82) is 0 Å². The third kappa shape index (κ3) is 6.57. The molecule has 1 aliphatic heterocycles. The lowest BCUT2D eigenvalue weighted by Gasteiger charge is -2.32. The van der Waals surface area contributed by atoms with Crippen molar-refractivity contribution in [2.24, 2.45) is 0 Å². The maximum atomic E-state index is 12.9. The molecule has 0 saturated carbocycles. The van der Waals surface area contributed by atoms with Crippen molar-refractivity contribution in [3.05, 3.63) is 64.0 Å². The Labute approximate surface area is 228 Å². The Kier molecular flexibility index (Phi) is 8.46. The van der Waals surface area contributed by atoms with Crippen LogP contribution >= 0.6 is 22.9 Å². The van der Waals surface area contributed by atoms with E-state index in [0.29, 0.717) is 47.6 Å². The van der Waals surface area contributed by atoms with Crippen molar-refractivity contribution in [2.45, 2.75) is 24.6 Å². The molecule has 3 aromatic rings. The van der Waals surface area contributed by atoms with Crippen molar-refractivity contribution >= 4 is 56.3 Å². The van der Waals surface area contributed by atoms with Crippen molar-refractivity contribution < 1.29 is 33.0 Å². The summed E-state index contributed by atoms with van der Waals surface area (Å²) < 4.78 is 32.4. The molecule has 1 aromatic heterocycles. The van der Waals surface area contributed by atoms with Crippen LogP contribution in [0.2, 0.25) is 5.02 Å². The van der Waals surface area contributed by atoms with Crippen LogP contribution < -0.4 is 15.8 Å². The predicted molar refractivity (Wildman–Crippen MR) is 147 cm³/mol. The van der Waals surface area contributed by atoms with Gasteiger partial charge >= 0.3 is 11.9 Å². The van der Waals surface area contributed by atoms with E-state index in [-0.39, 0.29) is 27.4 Å². The fourth-order valence-corrected chi connectivity index (χ4v) is 7.19. The summed E-state index contributed by atoms with van der Waals surface area (Å²) in [5, 5.41) is 21.9. The number of hydrogen-bond donors (Lipinski definition) is 4. The Morgan fingerprint density at radius 2 is 1.84 bits per heavy atom. The van der Waals surface area contributed by atoms with Gasteiger partial charge in [-0.2, -0.15) is 0 Å². The number of rotatable bonds is 10. The molecule has 10 nitrogen and oxygen atoms in total. The SMILES string of the molecule is Nc1cccc(CS(=O)(=O)N2CCC(Nc3cccc(-c4sc(C(=O)O)c(OCC(=O)O)c4Cl)c3)CC2)c1. The highest BCUT2D eigenvalue weighted by Gasteiger charge is 2.29. The first-order chi connectivity index (χ1) is 18.0. The molecule has 0 unspecified atom stereocenters. The molecule has 0 spiro atoms. The average molecular weight is 580 g/mol. The maximum Gasteiger partial charge on any atom is 0.349 e. The van der Waals surface area contributed by atoms with E-state index in [9.17, 15) is 23.1 Å². The molecular weight excluding hydrogens is 554 g/mol. The van der Waals surface area contributed by atoms with Gasteiger partial charge in [-0.25, -0.2) is 22.3 Å². The summed E-state index contributed by atoms with van der Waals surface area (Å²) in [6, 6.07) is 14.1. The van der Waals surface area contributed by atoms with Crippen molar-refractivity contribution in [3.63, 3.8) is 0 Å². The van der Waals surface area contributed by atoms with Gasteiger partial charge in [0.25, 0.3) is 0 Å². The summed E-state index contributed by atoms with van der Waals surface area (Å²) in [5.41, 5.74) is 8.35. The number of nitrogens with two attached hydrogens (primary N) is 1. The zero-order valence-corrected chi connectivity index (χ0v) is 22.5. The number of ether oxygens (including phenoxy) is 1. The molecule has 1 fully saturated rings. The first kappa shape index (κ1) is 27.7. The quantitative estimate of drug-likeness (QED) is 0.258. The van der Waals surface area contributed by atoms with Gasteiger partial charge in [-0.05, 0) is 48.2 Å². The van der Waals surface area contributed by atoms with Crippen molar-refractivity contribution in [2.75, 3.05) is 30.7 Å². The predicted octanol–water partition coefficient (Wildman–Crippen LogP) is 4.22. The fraction of sp³-hybridized carbons (Fsp3) is 0.280. The number of nitrogen functional groups attached to an aromatic ring is 1. The minimum Gasteiger partial charge on any atom is -0.479 e. The van der Waals surface area contributed by atoms with Gasteiger partial charge in [-0.15, -0.1) is 11.3 Å². The number of hydrogen-bond acceptors (Lipinski definition) is 8. The standard InChI is InChI=1S/C25H26ClN3O7S2/c26-21-22(36-13-20(30)31)24(25(32)33)37-23(21)16-4-2-6-19(12-16)28-18-7-9-29(10-8-18)38(34,35)14-15-3-1-5-17(27)11-15/h1-6,11-12,18,28H,7-10,13-14,27H2,(H,30,31)(H,32,33). The third-order valence-corrected chi connectivity index (χ3v) is 9.52. The smallest absolute Gasteiger partial charge is 0.349 e. The Hall–Kier alpha value is -3.32. The van der Waals surface area contributed by atoms with E-state index < -0.39 is 28.6 Å². The molecule has 38 heavy (non-hydrogen) atoms. The van der Waals surface area contributed by atoms with Gasteiger partial charge < -0.3 is 26.0 Å². The van der Waals surface area contributed by atoms with Crippen LogP contribution in [0.25, 0.3) is 10.4 Å². The Morgan fingerprint density at radius 1 is 1.13 bits per heavy atom. The molecule has 1 aliphatic rings. The summed E-state index contributed by atoms with van der Waals surface area (Å²) in [6.07, 6.45) is 1.22. The van der Waals surface area contributed by atoms with Crippen LogP contribution in [0, 0.1) is 0 Å². The number of halogens is 1. The molecule has 0 radical (unpaired) electrons. The van der Waals surface area contributed by atoms with Crippen molar-refractivity contribution in [3.8, 4) is 16.2 Å². The van der Waals surface area contributed by atoms with Crippen LogP contribution in [0.4, 0.5) is 11.4 Å². The number of benzene rings is 2. The largest absolute Gasteiger partial charge is 0.479 e. The van der Waals surface area contributed by atoms with Gasteiger partial charge in [0.2, 0.25) is 10.0 Å². The summed E-state index contributed by atoms with van der Waals surface area (Å²) in [7, 11) is -3.48. The number of carboxylic acid groups (broad SMARTS) is 2. The van der Waals surface area contributed by atoms with Crippen LogP contribution in [0.5, 0.6) is 5.75 Å². The number of nitrogens with one attached hydrogen (secondary N) is 1.